The number of carbonyl (C=O) groups excluding carboxylic acids is 1. The SMILES string of the molecule is CC(C)CCCNCc1ccc(OCC(N)=O)cc1. The van der Waals surface area contributed by atoms with Gasteiger partial charge in [-0.15, -0.1) is 0 Å². The number of ether oxygens (including phenoxy) is 1. The van der Waals surface area contributed by atoms with Crippen molar-refractivity contribution in [2.75, 3.05) is 13.2 Å². The standard InChI is InChI=1S/C15H24N2O2/c1-12(2)4-3-9-17-10-13-5-7-14(8-6-13)19-11-15(16)18/h5-8,12,17H,3-4,9-11H2,1-2H3,(H2,16,18). The highest BCUT2D eigenvalue weighted by molar-refractivity contribution is 5.75. The van der Waals surface area contributed by atoms with Gasteiger partial charge in [0.1, 0.15) is 5.75 Å². The van der Waals surface area contributed by atoms with E-state index in [2.05, 4.69) is 19.2 Å². The topological polar surface area (TPSA) is 64.3 Å². The van der Waals surface area contributed by atoms with Gasteiger partial charge in [0.15, 0.2) is 6.61 Å². The summed E-state index contributed by atoms with van der Waals surface area (Å²) in [5.41, 5.74) is 6.22. The minimum absolute atomic E-state index is 0.0766. The lowest BCUT2D eigenvalue weighted by atomic mass is 10.1. The summed E-state index contributed by atoms with van der Waals surface area (Å²) < 4.78 is 5.20. The molecule has 3 N–H and O–H groups in total. The van der Waals surface area contributed by atoms with Crippen molar-refractivity contribution in [2.24, 2.45) is 11.7 Å². The van der Waals surface area contributed by atoms with Crippen LogP contribution in [-0.4, -0.2) is 19.1 Å². The van der Waals surface area contributed by atoms with Crippen molar-refractivity contribution in [3.63, 3.8) is 0 Å². The lowest BCUT2D eigenvalue weighted by Gasteiger charge is -2.08. The summed E-state index contributed by atoms with van der Waals surface area (Å²) in [4.78, 5) is 10.6. The molecule has 4 heteroatoms. The van der Waals surface area contributed by atoms with Gasteiger partial charge in [-0.3, -0.25) is 4.79 Å². The van der Waals surface area contributed by atoms with Crippen LogP contribution in [0.15, 0.2) is 24.3 Å². The van der Waals surface area contributed by atoms with Gasteiger partial charge < -0.3 is 15.8 Å². The predicted octanol–water partition coefficient (Wildman–Crippen LogP) is 2.08. The first-order chi connectivity index (χ1) is 9.08. The van der Waals surface area contributed by atoms with E-state index < -0.39 is 5.91 Å². The zero-order valence-corrected chi connectivity index (χ0v) is 11.8. The Morgan fingerprint density at radius 3 is 2.58 bits per heavy atom. The van der Waals surface area contributed by atoms with Crippen molar-refractivity contribution >= 4 is 5.91 Å². The van der Waals surface area contributed by atoms with Gasteiger partial charge in [-0.2, -0.15) is 0 Å². The van der Waals surface area contributed by atoms with Gasteiger partial charge in [0.2, 0.25) is 0 Å². The van der Waals surface area contributed by atoms with Crippen LogP contribution in [0.25, 0.3) is 0 Å². The molecule has 0 aromatic heterocycles. The highest BCUT2D eigenvalue weighted by atomic mass is 16.5. The van der Waals surface area contributed by atoms with Crippen LogP contribution in [0, 0.1) is 5.92 Å². The molecular weight excluding hydrogens is 240 g/mol. The molecule has 0 aliphatic carbocycles. The van der Waals surface area contributed by atoms with Gasteiger partial charge in [0, 0.05) is 6.54 Å². The fourth-order valence-electron chi connectivity index (χ4n) is 1.73. The molecule has 1 aromatic carbocycles. The molecule has 0 radical (unpaired) electrons. The van der Waals surface area contributed by atoms with E-state index in [4.69, 9.17) is 10.5 Å². The first-order valence-corrected chi connectivity index (χ1v) is 6.78. The molecule has 0 heterocycles. The van der Waals surface area contributed by atoms with Crippen LogP contribution < -0.4 is 15.8 Å². The molecule has 0 unspecified atom stereocenters. The van der Waals surface area contributed by atoms with E-state index in [0.717, 1.165) is 19.0 Å². The second-order valence-electron chi connectivity index (χ2n) is 5.11. The van der Waals surface area contributed by atoms with Crippen molar-refractivity contribution in [1.29, 1.82) is 0 Å². The van der Waals surface area contributed by atoms with Crippen molar-refractivity contribution in [2.45, 2.75) is 33.2 Å². The fraction of sp³-hybridized carbons (Fsp3) is 0.533. The average Bonchev–Trinajstić information content (AvgIpc) is 2.37. The smallest absolute Gasteiger partial charge is 0.255 e. The van der Waals surface area contributed by atoms with E-state index in [0.29, 0.717) is 5.75 Å². The van der Waals surface area contributed by atoms with E-state index in [9.17, 15) is 4.79 Å². The second kappa shape index (κ2) is 8.53. The maximum atomic E-state index is 10.6. The highest BCUT2D eigenvalue weighted by Gasteiger charge is 1.98. The van der Waals surface area contributed by atoms with Crippen molar-refractivity contribution in [1.82, 2.24) is 5.32 Å². The zero-order chi connectivity index (χ0) is 14.1. The molecule has 0 saturated heterocycles. The lowest BCUT2D eigenvalue weighted by molar-refractivity contribution is -0.119. The van der Waals surface area contributed by atoms with Gasteiger partial charge in [0.05, 0.1) is 0 Å². The monoisotopic (exact) mass is 264 g/mol. The summed E-state index contributed by atoms with van der Waals surface area (Å²) >= 11 is 0. The Balaban J connectivity index is 2.22. The first-order valence-electron chi connectivity index (χ1n) is 6.78. The average molecular weight is 264 g/mol. The van der Waals surface area contributed by atoms with Crippen molar-refractivity contribution in [3.05, 3.63) is 29.8 Å². The number of nitrogens with two attached hydrogens (primary N) is 1. The third kappa shape index (κ3) is 7.47. The molecule has 0 bridgehead atoms. The van der Waals surface area contributed by atoms with Gasteiger partial charge >= 0.3 is 0 Å². The summed E-state index contributed by atoms with van der Waals surface area (Å²) in [5.74, 6) is 0.974. The summed E-state index contributed by atoms with van der Waals surface area (Å²) in [7, 11) is 0. The molecule has 1 rings (SSSR count). The third-order valence-electron chi connectivity index (χ3n) is 2.77. The molecule has 19 heavy (non-hydrogen) atoms. The Hall–Kier alpha value is -1.55. The largest absolute Gasteiger partial charge is 0.484 e. The Morgan fingerprint density at radius 2 is 2.00 bits per heavy atom. The van der Waals surface area contributed by atoms with E-state index in [1.807, 2.05) is 24.3 Å². The number of nitrogens with one attached hydrogen (secondary N) is 1. The maximum Gasteiger partial charge on any atom is 0.255 e. The normalized spacial score (nSPS) is 10.7. The maximum absolute atomic E-state index is 10.6. The summed E-state index contributed by atoms with van der Waals surface area (Å²) in [6.07, 6.45) is 2.46. The van der Waals surface area contributed by atoms with E-state index in [1.54, 1.807) is 0 Å². The van der Waals surface area contributed by atoms with Crippen LogP contribution >= 0.6 is 0 Å². The molecule has 0 atom stereocenters. The molecule has 1 amide bonds. The summed E-state index contributed by atoms with van der Waals surface area (Å²) in [6.45, 7) is 6.30. The van der Waals surface area contributed by atoms with Crippen molar-refractivity contribution < 1.29 is 9.53 Å². The predicted molar refractivity (Wildman–Crippen MR) is 76.9 cm³/mol. The first kappa shape index (κ1) is 15.5. The number of carbonyl (C=O) groups is 1. The van der Waals surface area contributed by atoms with E-state index in [1.165, 1.54) is 18.4 Å². The Morgan fingerprint density at radius 1 is 1.32 bits per heavy atom. The molecule has 1 aromatic rings. The highest BCUT2D eigenvalue weighted by Crippen LogP contribution is 2.12. The van der Waals surface area contributed by atoms with E-state index >= 15 is 0 Å². The minimum atomic E-state index is -0.462. The molecule has 0 saturated carbocycles. The van der Waals surface area contributed by atoms with Gasteiger partial charge in [0.25, 0.3) is 5.91 Å². The van der Waals surface area contributed by atoms with Gasteiger partial charge in [-0.1, -0.05) is 26.0 Å². The number of hydrogen-bond acceptors (Lipinski definition) is 3. The Bertz CT molecular complexity index is 374. The lowest BCUT2D eigenvalue weighted by Crippen LogP contribution is -2.20. The number of primary amides is 1. The van der Waals surface area contributed by atoms with E-state index in [-0.39, 0.29) is 6.61 Å². The van der Waals surface area contributed by atoms with Gasteiger partial charge in [-0.05, 0) is 43.0 Å². The molecule has 0 aliphatic rings. The Labute approximate surface area is 115 Å². The van der Waals surface area contributed by atoms with Crippen LogP contribution in [0.5, 0.6) is 5.75 Å². The molecule has 0 spiro atoms. The van der Waals surface area contributed by atoms with Crippen molar-refractivity contribution in [3.8, 4) is 5.75 Å². The fourth-order valence-corrected chi connectivity index (χ4v) is 1.73. The number of hydrogen-bond donors (Lipinski definition) is 2. The molecule has 0 fully saturated rings. The molecule has 106 valence electrons. The summed E-state index contributed by atoms with van der Waals surface area (Å²) in [6, 6.07) is 7.69. The molecular formula is C15H24N2O2. The van der Waals surface area contributed by atoms with Gasteiger partial charge in [-0.25, -0.2) is 0 Å². The molecule has 0 aliphatic heterocycles. The number of amides is 1. The third-order valence-corrected chi connectivity index (χ3v) is 2.77. The quantitative estimate of drug-likeness (QED) is 0.671. The van der Waals surface area contributed by atoms with Crippen LogP contribution in [0.4, 0.5) is 0 Å². The minimum Gasteiger partial charge on any atom is -0.484 e. The molecule has 4 nitrogen and oxygen atoms in total. The second-order valence-corrected chi connectivity index (χ2v) is 5.11. The zero-order valence-electron chi connectivity index (χ0n) is 11.8. The van der Waals surface area contributed by atoms with Crippen LogP contribution in [-0.2, 0) is 11.3 Å². The summed E-state index contributed by atoms with van der Waals surface area (Å²) in [5, 5.41) is 3.41. The van der Waals surface area contributed by atoms with Crippen LogP contribution in [0.3, 0.4) is 0 Å². The number of benzene rings is 1. The number of rotatable bonds is 9. The Kier molecular flexibility index (Phi) is 6.97. The van der Waals surface area contributed by atoms with Crippen LogP contribution in [0.2, 0.25) is 0 Å². The van der Waals surface area contributed by atoms with Crippen LogP contribution in [0.1, 0.15) is 32.3 Å².